The molecule has 0 spiro atoms. The maximum atomic E-state index is 12.2. The van der Waals surface area contributed by atoms with Crippen molar-refractivity contribution in [1.29, 1.82) is 0 Å². The van der Waals surface area contributed by atoms with Gasteiger partial charge in [-0.25, -0.2) is 4.98 Å². The molecule has 0 saturated carbocycles. The van der Waals surface area contributed by atoms with E-state index in [1.807, 2.05) is 0 Å². The number of hydrogen-bond donors (Lipinski definition) is 3. The first-order chi connectivity index (χ1) is 11.9. The van der Waals surface area contributed by atoms with E-state index in [9.17, 15) is 19.7 Å². The Labute approximate surface area is 144 Å². The SMILES string of the molecule is NC(=O)c1cc(-c2csc(NC(=O)c3cccc([N+](=O)[O-])c3)n2)c[nH]1. The van der Waals surface area contributed by atoms with Crippen LogP contribution in [0.15, 0.2) is 41.9 Å². The number of primary amides is 1. The Hall–Kier alpha value is -3.53. The van der Waals surface area contributed by atoms with Gasteiger partial charge in [-0.3, -0.25) is 25.0 Å². The van der Waals surface area contributed by atoms with Crippen molar-refractivity contribution in [2.24, 2.45) is 5.73 Å². The summed E-state index contributed by atoms with van der Waals surface area (Å²) in [6.45, 7) is 0. The molecule has 2 amide bonds. The van der Waals surface area contributed by atoms with Crippen LogP contribution < -0.4 is 11.1 Å². The van der Waals surface area contributed by atoms with Crippen LogP contribution in [0.5, 0.6) is 0 Å². The molecular weight excluding hydrogens is 346 g/mol. The normalized spacial score (nSPS) is 10.4. The van der Waals surface area contributed by atoms with Gasteiger partial charge in [0.1, 0.15) is 5.69 Å². The molecule has 3 rings (SSSR count). The van der Waals surface area contributed by atoms with Crippen molar-refractivity contribution in [2.45, 2.75) is 0 Å². The molecular formula is C15H11N5O4S. The molecule has 1 aromatic carbocycles. The number of non-ortho nitro benzene ring substituents is 1. The van der Waals surface area contributed by atoms with Crippen molar-refractivity contribution in [1.82, 2.24) is 9.97 Å². The lowest BCUT2D eigenvalue weighted by molar-refractivity contribution is -0.384. The molecule has 0 atom stereocenters. The molecule has 0 fully saturated rings. The number of hydrogen-bond acceptors (Lipinski definition) is 6. The summed E-state index contributed by atoms with van der Waals surface area (Å²) in [4.78, 5) is 40.5. The van der Waals surface area contributed by atoms with Gasteiger partial charge in [-0.1, -0.05) is 6.07 Å². The molecule has 0 aliphatic rings. The van der Waals surface area contributed by atoms with Crippen LogP contribution >= 0.6 is 11.3 Å². The maximum Gasteiger partial charge on any atom is 0.270 e. The van der Waals surface area contributed by atoms with Crippen LogP contribution in [0.25, 0.3) is 11.3 Å². The van der Waals surface area contributed by atoms with Gasteiger partial charge in [0.05, 0.1) is 10.6 Å². The third kappa shape index (κ3) is 3.53. The van der Waals surface area contributed by atoms with E-state index in [1.165, 1.54) is 35.6 Å². The molecule has 0 unspecified atom stereocenters. The minimum absolute atomic E-state index is 0.156. The highest BCUT2D eigenvalue weighted by Gasteiger charge is 2.14. The van der Waals surface area contributed by atoms with Crippen LogP contribution in [0.1, 0.15) is 20.8 Å². The van der Waals surface area contributed by atoms with Crippen molar-refractivity contribution in [2.75, 3.05) is 5.32 Å². The van der Waals surface area contributed by atoms with Crippen LogP contribution in [0, 0.1) is 10.1 Å². The van der Waals surface area contributed by atoms with Crippen molar-refractivity contribution in [3.63, 3.8) is 0 Å². The second kappa shape index (κ2) is 6.53. The van der Waals surface area contributed by atoms with Gasteiger partial charge < -0.3 is 10.7 Å². The van der Waals surface area contributed by atoms with E-state index < -0.39 is 16.7 Å². The number of aromatic amines is 1. The molecule has 0 bridgehead atoms. The fourth-order valence-electron chi connectivity index (χ4n) is 2.08. The van der Waals surface area contributed by atoms with Crippen LogP contribution in [0.4, 0.5) is 10.8 Å². The molecule has 0 saturated heterocycles. The van der Waals surface area contributed by atoms with E-state index in [1.54, 1.807) is 17.6 Å². The molecule has 0 aliphatic heterocycles. The van der Waals surface area contributed by atoms with E-state index in [0.717, 1.165) is 0 Å². The number of anilines is 1. The summed E-state index contributed by atoms with van der Waals surface area (Å²) in [5.41, 5.74) is 6.64. The third-order valence-electron chi connectivity index (χ3n) is 3.29. The number of rotatable bonds is 5. The first-order valence-corrected chi connectivity index (χ1v) is 7.82. The topological polar surface area (TPSA) is 144 Å². The zero-order valence-electron chi connectivity index (χ0n) is 12.6. The fraction of sp³-hybridized carbons (Fsp3) is 0. The lowest BCUT2D eigenvalue weighted by Gasteiger charge is -2.01. The van der Waals surface area contributed by atoms with Crippen molar-refractivity contribution >= 4 is 34.0 Å². The standard InChI is InChI=1S/C15H11N5O4S/c16-13(21)11-5-9(6-17-11)12-7-25-15(18-12)19-14(22)8-2-1-3-10(4-8)20(23)24/h1-7,17H,(H2,16,21)(H,18,19,22). The minimum atomic E-state index is -0.583. The highest BCUT2D eigenvalue weighted by atomic mass is 32.1. The summed E-state index contributed by atoms with van der Waals surface area (Å²) in [5, 5.41) is 15.4. The summed E-state index contributed by atoms with van der Waals surface area (Å²) < 4.78 is 0. The molecule has 2 heterocycles. The number of benzene rings is 1. The largest absolute Gasteiger partial charge is 0.364 e. The Kier molecular flexibility index (Phi) is 4.27. The Morgan fingerprint density at radius 1 is 1.32 bits per heavy atom. The number of thiazole rings is 1. The third-order valence-corrected chi connectivity index (χ3v) is 4.05. The minimum Gasteiger partial charge on any atom is -0.364 e. The van der Waals surface area contributed by atoms with Crippen LogP contribution in [-0.2, 0) is 0 Å². The van der Waals surface area contributed by atoms with E-state index in [4.69, 9.17) is 5.73 Å². The molecule has 126 valence electrons. The van der Waals surface area contributed by atoms with Gasteiger partial charge in [0.25, 0.3) is 17.5 Å². The summed E-state index contributed by atoms with van der Waals surface area (Å²) in [6.07, 6.45) is 1.58. The quantitative estimate of drug-likeness (QED) is 0.474. The van der Waals surface area contributed by atoms with Gasteiger partial charge >= 0.3 is 0 Å². The zero-order chi connectivity index (χ0) is 18.0. The summed E-state index contributed by atoms with van der Waals surface area (Å²) in [7, 11) is 0. The number of nitro groups is 1. The van der Waals surface area contributed by atoms with Gasteiger partial charge in [0, 0.05) is 34.8 Å². The van der Waals surface area contributed by atoms with E-state index >= 15 is 0 Å². The number of aromatic nitrogens is 2. The van der Waals surface area contributed by atoms with Gasteiger partial charge in [-0.15, -0.1) is 11.3 Å². The maximum absolute atomic E-state index is 12.2. The zero-order valence-corrected chi connectivity index (χ0v) is 13.4. The number of nitrogens with zero attached hydrogens (tertiary/aromatic N) is 2. The average molecular weight is 357 g/mol. The Bertz CT molecular complexity index is 978. The first kappa shape index (κ1) is 16.3. The van der Waals surface area contributed by atoms with E-state index in [-0.39, 0.29) is 16.9 Å². The Balaban J connectivity index is 1.76. The molecule has 3 aromatic rings. The predicted molar refractivity (Wildman–Crippen MR) is 91.5 cm³/mol. The number of nitrogens with two attached hydrogens (primary N) is 1. The van der Waals surface area contributed by atoms with Gasteiger partial charge in [-0.2, -0.15) is 0 Å². The number of amides is 2. The summed E-state index contributed by atoms with van der Waals surface area (Å²) in [5.74, 6) is -1.09. The highest BCUT2D eigenvalue weighted by molar-refractivity contribution is 7.14. The Morgan fingerprint density at radius 3 is 2.80 bits per heavy atom. The molecule has 0 radical (unpaired) electrons. The number of H-pyrrole nitrogens is 1. The van der Waals surface area contributed by atoms with E-state index in [0.29, 0.717) is 16.4 Å². The van der Waals surface area contributed by atoms with Gasteiger partial charge in [0.15, 0.2) is 5.13 Å². The fourth-order valence-corrected chi connectivity index (χ4v) is 2.79. The average Bonchev–Trinajstić information content (AvgIpc) is 3.23. The van der Waals surface area contributed by atoms with Gasteiger partial charge in [-0.05, 0) is 12.1 Å². The van der Waals surface area contributed by atoms with Crippen LogP contribution in [-0.4, -0.2) is 26.7 Å². The number of carbonyl (C=O) groups excluding carboxylic acids is 2. The van der Waals surface area contributed by atoms with Crippen molar-refractivity contribution in [3.05, 3.63) is 63.3 Å². The molecule has 25 heavy (non-hydrogen) atoms. The number of carbonyl (C=O) groups is 2. The second-order valence-corrected chi connectivity index (χ2v) is 5.82. The van der Waals surface area contributed by atoms with E-state index in [2.05, 4.69) is 15.3 Å². The lowest BCUT2D eigenvalue weighted by atomic mass is 10.2. The van der Waals surface area contributed by atoms with Crippen molar-refractivity contribution < 1.29 is 14.5 Å². The summed E-state index contributed by atoms with van der Waals surface area (Å²) >= 11 is 1.19. The first-order valence-electron chi connectivity index (χ1n) is 6.94. The highest BCUT2D eigenvalue weighted by Crippen LogP contribution is 2.26. The summed E-state index contributed by atoms with van der Waals surface area (Å²) in [6, 6.07) is 6.97. The molecule has 4 N–H and O–H groups in total. The van der Waals surface area contributed by atoms with Crippen LogP contribution in [0.2, 0.25) is 0 Å². The van der Waals surface area contributed by atoms with Gasteiger partial charge in [0.2, 0.25) is 0 Å². The molecule has 10 heteroatoms. The molecule has 9 nitrogen and oxygen atoms in total. The lowest BCUT2D eigenvalue weighted by Crippen LogP contribution is -2.11. The van der Waals surface area contributed by atoms with Crippen molar-refractivity contribution in [3.8, 4) is 11.3 Å². The van der Waals surface area contributed by atoms with Crippen LogP contribution in [0.3, 0.4) is 0 Å². The monoisotopic (exact) mass is 357 g/mol. The number of nitrogens with one attached hydrogen (secondary N) is 2. The molecule has 2 aromatic heterocycles. The molecule has 0 aliphatic carbocycles. The smallest absolute Gasteiger partial charge is 0.270 e. The number of nitro benzene ring substituents is 1. The Morgan fingerprint density at radius 2 is 2.12 bits per heavy atom. The predicted octanol–water partition coefficient (Wildman–Crippen LogP) is 2.40. The second-order valence-electron chi connectivity index (χ2n) is 4.97.